The molecule has 0 radical (unpaired) electrons. The van der Waals surface area contributed by atoms with Gasteiger partial charge in [0.2, 0.25) is 5.91 Å². The summed E-state index contributed by atoms with van der Waals surface area (Å²) >= 11 is 2.91. The molecule has 30 heavy (non-hydrogen) atoms. The Labute approximate surface area is 179 Å². The molecule has 2 amide bonds. The van der Waals surface area contributed by atoms with Gasteiger partial charge in [0.25, 0.3) is 5.91 Å². The summed E-state index contributed by atoms with van der Waals surface area (Å²) in [7, 11) is 1.62. The number of aryl methyl sites for hydroxylation is 2. The number of hydrogen-bond acceptors (Lipinski definition) is 4. The van der Waals surface area contributed by atoms with E-state index in [1.807, 2.05) is 0 Å². The van der Waals surface area contributed by atoms with E-state index >= 15 is 0 Å². The minimum Gasteiger partial charge on any atom is -0.337 e. The van der Waals surface area contributed by atoms with Crippen LogP contribution in [0.1, 0.15) is 47.6 Å². The quantitative estimate of drug-likeness (QED) is 0.696. The lowest BCUT2D eigenvalue weighted by Crippen LogP contribution is -2.37. The van der Waals surface area contributed by atoms with Gasteiger partial charge in [0, 0.05) is 26.6 Å². The summed E-state index contributed by atoms with van der Waals surface area (Å²) in [6.45, 7) is 2.77. The van der Waals surface area contributed by atoms with E-state index in [2.05, 4.69) is 31.4 Å². The van der Waals surface area contributed by atoms with Gasteiger partial charge in [-0.25, -0.2) is 0 Å². The maximum atomic E-state index is 13.0. The van der Waals surface area contributed by atoms with Crippen LogP contribution in [0.15, 0.2) is 10.7 Å². The molecular weight excluding hydrogens is 469 g/mol. The molecule has 0 atom stereocenters. The third-order valence-corrected chi connectivity index (χ3v) is 5.96. The Balaban J connectivity index is 1.67. The van der Waals surface area contributed by atoms with Crippen molar-refractivity contribution in [3.8, 4) is 0 Å². The zero-order valence-corrected chi connectivity index (χ0v) is 18.2. The average molecular weight is 491 g/mol. The highest BCUT2D eigenvalue weighted by molar-refractivity contribution is 9.10. The van der Waals surface area contributed by atoms with Gasteiger partial charge >= 0.3 is 6.18 Å². The van der Waals surface area contributed by atoms with Crippen molar-refractivity contribution in [2.75, 3.05) is 18.4 Å². The van der Waals surface area contributed by atoms with E-state index in [9.17, 15) is 22.8 Å². The van der Waals surface area contributed by atoms with Crippen LogP contribution >= 0.6 is 15.9 Å². The molecule has 1 saturated heterocycles. The number of nitrogens with one attached hydrogen (secondary N) is 1. The summed E-state index contributed by atoms with van der Waals surface area (Å²) < 4.78 is 41.3. The van der Waals surface area contributed by atoms with E-state index in [4.69, 9.17) is 0 Å². The Hall–Kier alpha value is -2.37. The van der Waals surface area contributed by atoms with Crippen LogP contribution in [0.5, 0.6) is 0 Å². The van der Waals surface area contributed by atoms with Crippen LogP contribution in [-0.2, 0) is 24.6 Å². The van der Waals surface area contributed by atoms with Gasteiger partial charge in [0.1, 0.15) is 5.69 Å². The molecule has 8 nitrogen and oxygen atoms in total. The standard InChI is InChI=1S/C18H22BrF3N6O2/c1-11-14(19)16(18(20,21)22)25-28(11)9-6-13(29)24-12-10-23-26(2)15(12)17(30)27-7-4-3-5-8-27/h10H,3-9H2,1-2H3,(H,24,29). The lowest BCUT2D eigenvalue weighted by atomic mass is 10.1. The van der Waals surface area contributed by atoms with Crippen molar-refractivity contribution in [1.82, 2.24) is 24.5 Å². The predicted molar refractivity (Wildman–Crippen MR) is 106 cm³/mol. The highest BCUT2D eigenvalue weighted by Gasteiger charge is 2.38. The van der Waals surface area contributed by atoms with Crippen LogP contribution in [0.2, 0.25) is 0 Å². The van der Waals surface area contributed by atoms with Crippen LogP contribution < -0.4 is 5.32 Å². The summed E-state index contributed by atoms with van der Waals surface area (Å²) in [5.41, 5.74) is -0.186. The van der Waals surface area contributed by atoms with Crippen molar-refractivity contribution in [2.24, 2.45) is 7.05 Å². The SMILES string of the molecule is Cc1c(Br)c(C(F)(F)F)nn1CCC(=O)Nc1cnn(C)c1C(=O)N1CCCCC1. The molecule has 2 aromatic rings. The van der Waals surface area contributed by atoms with Crippen molar-refractivity contribution >= 4 is 33.4 Å². The van der Waals surface area contributed by atoms with Crippen molar-refractivity contribution in [2.45, 2.75) is 45.3 Å². The van der Waals surface area contributed by atoms with E-state index < -0.39 is 17.8 Å². The summed E-state index contributed by atoms with van der Waals surface area (Å²) in [5, 5.41) is 10.3. The normalized spacial score (nSPS) is 14.8. The minimum atomic E-state index is -4.59. The maximum Gasteiger partial charge on any atom is 0.436 e. The Bertz CT molecular complexity index is 947. The maximum absolute atomic E-state index is 13.0. The molecule has 1 N–H and O–H groups in total. The van der Waals surface area contributed by atoms with E-state index in [0.29, 0.717) is 13.1 Å². The Morgan fingerprint density at radius 3 is 2.50 bits per heavy atom. The predicted octanol–water partition coefficient (Wildman–Crippen LogP) is 3.36. The average Bonchev–Trinajstić information content (AvgIpc) is 3.20. The van der Waals surface area contributed by atoms with Crippen LogP contribution in [0.25, 0.3) is 0 Å². The number of amides is 2. The van der Waals surface area contributed by atoms with Gasteiger partial charge in [-0.2, -0.15) is 23.4 Å². The Morgan fingerprint density at radius 1 is 1.23 bits per heavy atom. The van der Waals surface area contributed by atoms with Crippen molar-refractivity contribution in [3.05, 3.63) is 27.8 Å². The lowest BCUT2D eigenvalue weighted by molar-refractivity contribution is -0.142. The number of anilines is 1. The summed E-state index contributed by atoms with van der Waals surface area (Å²) in [6.07, 6.45) is -0.354. The fourth-order valence-electron chi connectivity index (χ4n) is 3.37. The first kappa shape index (κ1) is 22.3. The number of aromatic nitrogens is 4. The molecule has 164 valence electrons. The first-order valence-corrected chi connectivity index (χ1v) is 10.3. The molecule has 0 aromatic carbocycles. The molecule has 3 heterocycles. The van der Waals surface area contributed by atoms with Crippen molar-refractivity contribution < 1.29 is 22.8 Å². The van der Waals surface area contributed by atoms with Crippen LogP contribution in [-0.4, -0.2) is 49.4 Å². The molecule has 1 fully saturated rings. The topological polar surface area (TPSA) is 85.0 Å². The zero-order chi connectivity index (χ0) is 22.1. The third kappa shape index (κ3) is 4.68. The molecule has 3 rings (SSSR count). The molecule has 1 aliphatic rings. The highest BCUT2D eigenvalue weighted by Crippen LogP contribution is 2.35. The van der Waals surface area contributed by atoms with E-state index in [0.717, 1.165) is 23.9 Å². The number of rotatable bonds is 5. The molecule has 0 saturated carbocycles. The van der Waals surface area contributed by atoms with Gasteiger partial charge in [-0.1, -0.05) is 0 Å². The second-order valence-electron chi connectivity index (χ2n) is 7.15. The van der Waals surface area contributed by atoms with Gasteiger partial charge < -0.3 is 10.2 Å². The first-order chi connectivity index (χ1) is 14.1. The molecule has 0 spiro atoms. The van der Waals surface area contributed by atoms with Crippen LogP contribution in [0.4, 0.5) is 18.9 Å². The number of likely N-dealkylation sites (tertiary alicyclic amines) is 1. The second-order valence-corrected chi connectivity index (χ2v) is 7.94. The summed E-state index contributed by atoms with van der Waals surface area (Å²) in [6, 6.07) is 0. The first-order valence-electron chi connectivity index (χ1n) is 9.50. The number of nitrogens with zero attached hydrogens (tertiary/aromatic N) is 5. The number of piperidine rings is 1. The molecule has 2 aromatic heterocycles. The van der Waals surface area contributed by atoms with Gasteiger partial charge in [-0.15, -0.1) is 0 Å². The largest absolute Gasteiger partial charge is 0.436 e. The molecular formula is C18H22BrF3N6O2. The smallest absolute Gasteiger partial charge is 0.337 e. The van der Waals surface area contributed by atoms with Crippen LogP contribution in [0, 0.1) is 6.92 Å². The fraction of sp³-hybridized carbons (Fsp3) is 0.556. The Kier molecular flexibility index (Phi) is 6.53. The summed E-state index contributed by atoms with van der Waals surface area (Å²) in [5.74, 6) is -0.651. The molecule has 0 aliphatic carbocycles. The van der Waals surface area contributed by atoms with E-state index in [1.54, 1.807) is 11.9 Å². The minimum absolute atomic E-state index is 0.0397. The van der Waals surface area contributed by atoms with Gasteiger partial charge in [-0.3, -0.25) is 19.0 Å². The van der Waals surface area contributed by atoms with Crippen molar-refractivity contribution in [3.63, 3.8) is 0 Å². The number of alkyl halides is 3. The van der Waals surface area contributed by atoms with Gasteiger partial charge in [0.05, 0.1) is 28.6 Å². The monoisotopic (exact) mass is 490 g/mol. The second kappa shape index (κ2) is 8.78. The third-order valence-electron chi connectivity index (χ3n) is 5.01. The van der Waals surface area contributed by atoms with Gasteiger partial charge in [-0.05, 0) is 42.1 Å². The fourth-order valence-corrected chi connectivity index (χ4v) is 3.88. The molecule has 12 heteroatoms. The highest BCUT2D eigenvalue weighted by atomic mass is 79.9. The number of carbonyl (C=O) groups excluding carboxylic acids is 2. The van der Waals surface area contributed by atoms with Gasteiger partial charge in [0.15, 0.2) is 5.69 Å². The van der Waals surface area contributed by atoms with E-state index in [-0.39, 0.29) is 40.4 Å². The Morgan fingerprint density at radius 2 is 1.90 bits per heavy atom. The van der Waals surface area contributed by atoms with Crippen molar-refractivity contribution in [1.29, 1.82) is 0 Å². The molecule has 1 aliphatic heterocycles. The lowest BCUT2D eigenvalue weighted by Gasteiger charge is -2.27. The van der Waals surface area contributed by atoms with Crippen LogP contribution in [0.3, 0.4) is 0 Å². The number of carbonyl (C=O) groups is 2. The molecule has 0 bridgehead atoms. The number of halogens is 4. The molecule has 0 unspecified atom stereocenters. The zero-order valence-electron chi connectivity index (χ0n) is 16.6. The van der Waals surface area contributed by atoms with E-state index in [1.165, 1.54) is 17.8 Å². The summed E-state index contributed by atoms with van der Waals surface area (Å²) in [4.78, 5) is 27.0. The number of hydrogen-bond donors (Lipinski definition) is 1.